The lowest BCUT2D eigenvalue weighted by Crippen LogP contribution is -2.74. The Morgan fingerprint density at radius 2 is 1.97 bits per heavy atom. The molecule has 1 spiro atoms. The number of methoxy groups -OCH3 is 1. The van der Waals surface area contributed by atoms with Gasteiger partial charge in [0.25, 0.3) is 0 Å². The fourth-order valence-electron chi connectivity index (χ4n) is 8.08. The fourth-order valence-corrected chi connectivity index (χ4v) is 8.08. The first-order valence-corrected chi connectivity index (χ1v) is 12.2. The molecule has 1 N–H and O–H groups in total. The number of carbonyl (C=O) groups is 3. The third-order valence-electron chi connectivity index (χ3n) is 9.96. The maximum absolute atomic E-state index is 13.4. The predicted molar refractivity (Wildman–Crippen MR) is 123 cm³/mol. The number of ether oxygens (including phenoxy) is 3. The molecule has 8 nitrogen and oxygen atoms in total. The van der Waals surface area contributed by atoms with E-state index in [0.717, 1.165) is 11.1 Å². The smallest absolute Gasteiger partial charge is 0.335 e. The summed E-state index contributed by atoms with van der Waals surface area (Å²) in [5.41, 5.74) is -1.92. The van der Waals surface area contributed by atoms with Crippen molar-refractivity contribution in [3.8, 4) is 0 Å². The molecule has 0 unspecified atom stereocenters. The number of Topliss-reactive ketones (excluding diaryl/α,β-unsaturated/α-hetero) is 1. The first kappa shape index (κ1) is 24.3. The number of aliphatic hydroxyl groups is 1. The summed E-state index contributed by atoms with van der Waals surface area (Å²) < 4.78 is 23.0. The quantitative estimate of drug-likeness (QED) is 0.510. The predicted octanol–water partition coefficient (Wildman–Crippen LogP) is 3.53. The monoisotopic (exact) mass is 486 g/mol. The Bertz CT molecular complexity index is 1090. The van der Waals surface area contributed by atoms with Crippen LogP contribution in [0.5, 0.6) is 0 Å². The number of fused-ring (bicyclic) bond motifs is 3. The van der Waals surface area contributed by atoms with Crippen LogP contribution in [0.15, 0.2) is 35.2 Å². The van der Waals surface area contributed by atoms with E-state index < -0.39 is 58.0 Å². The van der Waals surface area contributed by atoms with Crippen LogP contribution in [0.3, 0.4) is 0 Å². The zero-order valence-corrected chi connectivity index (χ0v) is 21.0. The van der Waals surface area contributed by atoms with Crippen LogP contribution in [0, 0.1) is 28.1 Å². The zero-order chi connectivity index (χ0) is 25.6. The summed E-state index contributed by atoms with van der Waals surface area (Å²) in [5.74, 6) is -2.20. The molecule has 2 saturated heterocycles. The first-order chi connectivity index (χ1) is 16.3. The lowest BCUT2D eigenvalue weighted by Gasteiger charge is -2.70. The van der Waals surface area contributed by atoms with Gasteiger partial charge in [-0.1, -0.05) is 34.3 Å². The second kappa shape index (κ2) is 7.53. The summed E-state index contributed by atoms with van der Waals surface area (Å²) in [6, 6.07) is 1.79. The number of cyclic esters (lactones) is 1. The van der Waals surface area contributed by atoms with Gasteiger partial charge in [0.15, 0.2) is 6.10 Å². The summed E-state index contributed by atoms with van der Waals surface area (Å²) in [4.78, 5) is 39.0. The molecule has 2 bridgehead atoms. The average molecular weight is 487 g/mol. The van der Waals surface area contributed by atoms with E-state index in [1.54, 1.807) is 32.4 Å². The van der Waals surface area contributed by atoms with Crippen LogP contribution in [-0.2, 0) is 28.6 Å². The molecule has 35 heavy (non-hydrogen) atoms. The molecular formula is C27H34O8. The lowest BCUT2D eigenvalue weighted by atomic mass is 9.41. The van der Waals surface area contributed by atoms with E-state index in [-0.39, 0.29) is 24.5 Å². The van der Waals surface area contributed by atoms with Crippen LogP contribution < -0.4 is 0 Å². The van der Waals surface area contributed by atoms with Gasteiger partial charge in [-0.3, -0.25) is 9.59 Å². The van der Waals surface area contributed by atoms with Crippen molar-refractivity contribution in [1.29, 1.82) is 0 Å². The maximum atomic E-state index is 13.4. The summed E-state index contributed by atoms with van der Waals surface area (Å²) in [5, 5.41) is 11.2. The minimum Gasteiger partial charge on any atom is -0.472 e. The van der Waals surface area contributed by atoms with Gasteiger partial charge in [-0.05, 0) is 30.4 Å². The molecule has 8 heteroatoms. The minimum atomic E-state index is -1.50. The number of aliphatic hydroxyl groups excluding tert-OH is 1. The summed E-state index contributed by atoms with van der Waals surface area (Å²) in [6.45, 7) is 12.1. The molecular weight excluding hydrogens is 452 g/mol. The topological polar surface area (TPSA) is 112 Å². The Morgan fingerprint density at radius 3 is 2.60 bits per heavy atom. The van der Waals surface area contributed by atoms with Crippen LogP contribution in [-0.4, -0.2) is 47.7 Å². The highest BCUT2D eigenvalue weighted by Crippen LogP contribution is 2.71. The van der Waals surface area contributed by atoms with Crippen molar-refractivity contribution in [1.82, 2.24) is 0 Å². The van der Waals surface area contributed by atoms with Crippen molar-refractivity contribution in [3.05, 3.63) is 36.3 Å². The van der Waals surface area contributed by atoms with Crippen LogP contribution in [0.2, 0.25) is 0 Å². The number of hydrogen-bond acceptors (Lipinski definition) is 8. The molecule has 2 saturated carbocycles. The van der Waals surface area contributed by atoms with E-state index >= 15 is 0 Å². The van der Waals surface area contributed by atoms with Crippen LogP contribution in [0.1, 0.15) is 65.0 Å². The van der Waals surface area contributed by atoms with Crippen molar-refractivity contribution >= 4 is 17.7 Å². The molecule has 0 amide bonds. The van der Waals surface area contributed by atoms with Crippen LogP contribution >= 0.6 is 0 Å². The Hall–Kier alpha value is -2.45. The number of rotatable bonds is 3. The van der Waals surface area contributed by atoms with Gasteiger partial charge in [0.2, 0.25) is 0 Å². The molecule has 5 rings (SSSR count). The van der Waals surface area contributed by atoms with E-state index in [1.165, 1.54) is 7.11 Å². The van der Waals surface area contributed by atoms with E-state index in [9.17, 15) is 19.5 Å². The maximum Gasteiger partial charge on any atom is 0.335 e. The van der Waals surface area contributed by atoms with Gasteiger partial charge in [0.1, 0.15) is 17.5 Å². The Morgan fingerprint density at radius 1 is 1.26 bits per heavy atom. The summed E-state index contributed by atoms with van der Waals surface area (Å²) in [7, 11) is 1.23. The van der Waals surface area contributed by atoms with Gasteiger partial charge in [-0.25, -0.2) is 4.79 Å². The highest BCUT2D eigenvalue weighted by Gasteiger charge is 2.74. The second-order valence-electron chi connectivity index (χ2n) is 11.7. The fraction of sp³-hybridized carbons (Fsp3) is 0.667. The molecule has 4 aliphatic rings. The first-order valence-electron chi connectivity index (χ1n) is 12.2. The third-order valence-corrected chi connectivity index (χ3v) is 9.96. The Labute approximate surface area is 205 Å². The summed E-state index contributed by atoms with van der Waals surface area (Å²) >= 11 is 0. The van der Waals surface area contributed by atoms with Gasteiger partial charge in [-0.15, -0.1) is 0 Å². The highest BCUT2D eigenvalue weighted by atomic mass is 16.6. The van der Waals surface area contributed by atoms with Gasteiger partial charge >= 0.3 is 11.9 Å². The zero-order valence-electron chi connectivity index (χ0n) is 21.0. The third kappa shape index (κ3) is 2.90. The van der Waals surface area contributed by atoms with E-state index in [2.05, 4.69) is 13.5 Å². The Kier molecular flexibility index (Phi) is 5.22. The molecule has 2 aliphatic carbocycles. The van der Waals surface area contributed by atoms with Gasteiger partial charge in [0, 0.05) is 34.1 Å². The number of hydrogen-bond donors (Lipinski definition) is 1. The standard InChI is InChI=1S/C27H34O8/c1-14-16-7-9-25(4)22(15-8-10-33-13-15)34-19(29)12-27(14,25)35-18-11-17(28)24(2,3)21(26(16,18)5)20(30)23(31)32-6/h8,10,13,16,18,20-22,30H,1,7,9,11-12H2,2-6H3/t16-,18-,20-,21-,22+,25-,26-,27-/m0/s1. The molecule has 1 aromatic heterocycles. The van der Waals surface area contributed by atoms with Crippen molar-refractivity contribution in [2.75, 3.05) is 7.11 Å². The molecule has 3 heterocycles. The van der Waals surface area contributed by atoms with Gasteiger partial charge in [-0.2, -0.15) is 0 Å². The van der Waals surface area contributed by atoms with Gasteiger partial charge < -0.3 is 23.7 Å². The van der Waals surface area contributed by atoms with Crippen molar-refractivity contribution in [3.63, 3.8) is 0 Å². The van der Waals surface area contributed by atoms with Crippen molar-refractivity contribution in [2.45, 2.75) is 77.3 Å². The molecule has 2 aliphatic heterocycles. The average Bonchev–Trinajstić information content (AvgIpc) is 3.32. The molecule has 0 aromatic carbocycles. The molecule has 0 radical (unpaired) electrons. The Balaban J connectivity index is 1.65. The highest BCUT2D eigenvalue weighted by molar-refractivity contribution is 5.88. The van der Waals surface area contributed by atoms with Crippen LogP contribution in [0.25, 0.3) is 0 Å². The van der Waals surface area contributed by atoms with Gasteiger partial charge in [0.05, 0.1) is 32.2 Å². The molecule has 1 aromatic rings. The molecule has 8 atom stereocenters. The van der Waals surface area contributed by atoms with E-state index in [4.69, 9.17) is 18.6 Å². The molecule has 190 valence electrons. The summed E-state index contributed by atoms with van der Waals surface area (Å²) in [6.07, 6.45) is 1.91. The number of furan rings is 1. The lowest BCUT2D eigenvalue weighted by molar-refractivity contribution is -0.303. The van der Waals surface area contributed by atoms with Crippen molar-refractivity contribution < 1.29 is 38.1 Å². The van der Waals surface area contributed by atoms with E-state index in [1.807, 2.05) is 6.92 Å². The number of carbonyl (C=O) groups excluding carboxylic acids is 3. The normalized spacial score (nSPS) is 43.0. The second-order valence-corrected chi connectivity index (χ2v) is 11.7. The minimum absolute atomic E-state index is 0.00156. The van der Waals surface area contributed by atoms with Crippen molar-refractivity contribution in [2.24, 2.45) is 28.1 Å². The largest absolute Gasteiger partial charge is 0.472 e. The number of esters is 2. The number of ketones is 1. The van der Waals surface area contributed by atoms with E-state index in [0.29, 0.717) is 12.8 Å². The SMILES string of the molecule is C=C1[C@@H]2CC[C@@]3(C)[C@@H](c4ccoc4)OC(=O)C[C@]13O[C@H]1CC(=O)C(C)(C)[C@H]([C@H](O)C(=O)OC)[C@]12C. The van der Waals surface area contributed by atoms with Crippen LogP contribution in [0.4, 0.5) is 0 Å². The molecule has 4 fully saturated rings.